The zero-order valence-corrected chi connectivity index (χ0v) is 7.91. The molecular formula is C10H17NO2. The average Bonchev–Trinajstić information content (AvgIpc) is 2.53. The lowest BCUT2D eigenvalue weighted by Gasteiger charge is -2.20. The monoisotopic (exact) mass is 183 g/mol. The summed E-state index contributed by atoms with van der Waals surface area (Å²) in [4.78, 5) is 2.30. The minimum Gasteiger partial charge on any atom is -0.392 e. The van der Waals surface area contributed by atoms with Gasteiger partial charge >= 0.3 is 0 Å². The van der Waals surface area contributed by atoms with Gasteiger partial charge in [0.25, 0.3) is 0 Å². The van der Waals surface area contributed by atoms with Crippen molar-refractivity contribution in [3.8, 4) is 0 Å². The highest BCUT2D eigenvalue weighted by Gasteiger charge is 2.20. The van der Waals surface area contributed by atoms with Crippen molar-refractivity contribution in [3.63, 3.8) is 0 Å². The van der Waals surface area contributed by atoms with E-state index < -0.39 is 0 Å². The molecule has 0 spiro atoms. The van der Waals surface area contributed by atoms with Gasteiger partial charge in [0.05, 0.1) is 19.3 Å². The first-order chi connectivity index (χ1) is 6.34. The predicted octanol–water partition coefficient (Wildman–Crippen LogP) is 0.400. The molecule has 0 aliphatic carbocycles. The van der Waals surface area contributed by atoms with E-state index in [0.29, 0.717) is 0 Å². The summed E-state index contributed by atoms with van der Waals surface area (Å²) in [5.74, 6) is 0. The van der Waals surface area contributed by atoms with Gasteiger partial charge < -0.3 is 9.84 Å². The van der Waals surface area contributed by atoms with E-state index in [1.807, 2.05) is 0 Å². The van der Waals surface area contributed by atoms with Gasteiger partial charge in [-0.05, 0) is 18.4 Å². The fraction of sp³-hybridized carbons (Fsp3) is 0.800. The standard InChI is InChI=1S/C10H17NO2/c12-10-3-4-11(7-10)6-9-2-1-5-13-8-9/h2,10,12H,1,3-8H2/t10-/m1/s1. The number of hydrogen-bond donors (Lipinski definition) is 1. The Kier molecular flexibility index (Phi) is 2.98. The lowest BCUT2D eigenvalue weighted by molar-refractivity contribution is 0.140. The second kappa shape index (κ2) is 4.22. The zero-order chi connectivity index (χ0) is 9.10. The third kappa shape index (κ3) is 2.53. The second-order valence-corrected chi connectivity index (χ2v) is 3.88. The normalized spacial score (nSPS) is 30.5. The molecule has 0 aromatic carbocycles. The van der Waals surface area contributed by atoms with Crippen molar-refractivity contribution in [2.75, 3.05) is 32.8 Å². The SMILES string of the molecule is O[C@@H]1CCN(CC2=CCCOC2)C1. The Bertz CT molecular complexity index is 203. The van der Waals surface area contributed by atoms with E-state index in [9.17, 15) is 5.11 Å². The van der Waals surface area contributed by atoms with E-state index in [-0.39, 0.29) is 6.10 Å². The molecule has 0 aromatic heterocycles. The van der Waals surface area contributed by atoms with Crippen molar-refractivity contribution in [2.45, 2.75) is 18.9 Å². The topological polar surface area (TPSA) is 32.7 Å². The van der Waals surface area contributed by atoms with Crippen LogP contribution in [0.3, 0.4) is 0 Å². The van der Waals surface area contributed by atoms with Crippen LogP contribution in [0.1, 0.15) is 12.8 Å². The van der Waals surface area contributed by atoms with Crippen LogP contribution in [-0.2, 0) is 4.74 Å². The highest BCUT2D eigenvalue weighted by molar-refractivity contribution is 5.07. The molecule has 3 heteroatoms. The summed E-state index contributed by atoms with van der Waals surface area (Å²) in [5.41, 5.74) is 1.38. The molecule has 1 saturated heterocycles. The van der Waals surface area contributed by atoms with E-state index in [0.717, 1.165) is 45.7 Å². The molecule has 13 heavy (non-hydrogen) atoms. The van der Waals surface area contributed by atoms with Crippen molar-refractivity contribution in [1.29, 1.82) is 0 Å². The van der Waals surface area contributed by atoms with Gasteiger partial charge in [-0.25, -0.2) is 0 Å². The third-order valence-corrected chi connectivity index (χ3v) is 2.66. The Balaban J connectivity index is 1.80. The van der Waals surface area contributed by atoms with Crippen LogP contribution in [-0.4, -0.2) is 49.0 Å². The van der Waals surface area contributed by atoms with Gasteiger partial charge in [0.15, 0.2) is 0 Å². The maximum atomic E-state index is 9.34. The third-order valence-electron chi connectivity index (χ3n) is 2.66. The minimum atomic E-state index is -0.106. The summed E-state index contributed by atoms with van der Waals surface area (Å²) < 4.78 is 5.36. The maximum absolute atomic E-state index is 9.34. The van der Waals surface area contributed by atoms with Crippen LogP contribution >= 0.6 is 0 Å². The van der Waals surface area contributed by atoms with E-state index in [2.05, 4.69) is 11.0 Å². The molecule has 0 saturated carbocycles. The molecule has 3 nitrogen and oxygen atoms in total. The summed E-state index contributed by atoms with van der Waals surface area (Å²) in [6, 6.07) is 0. The molecule has 0 aromatic rings. The molecule has 1 N–H and O–H groups in total. The second-order valence-electron chi connectivity index (χ2n) is 3.88. The van der Waals surface area contributed by atoms with Crippen LogP contribution in [0.2, 0.25) is 0 Å². The molecule has 2 rings (SSSR count). The van der Waals surface area contributed by atoms with Crippen molar-refractivity contribution in [1.82, 2.24) is 4.90 Å². The van der Waals surface area contributed by atoms with Gasteiger partial charge in [0.1, 0.15) is 0 Å². The van der Waals surface area contributed by atoms with Crippen LogP contribution in [0, 0.1) is 0 Å². The van der Waals surface area contributed by atoms with E-state index >= 15 is 0 Å². The molecule has 74 valence electrons. The van der Waals surface area contributed by atoms with E-state index in [1.54, 1.807) is 0 Å². The van der Waals surface area contributed by atoms with Crippen molar-refractivity contribution in [3.05, 3.63) is 11.6 Å². The fourth-order valence-electron chi connectivity index (χ4n) is 1.96. The Morgan fingerprint density at radius 3 is 3.15 bits per heavy atom. The van der Waals surface area contributed by atoms with Gasteiger partial charge in [-0.15, -0.1) is 0 Å². The molecular weight excluding hydrogens is 166 g/mol. The smallest absolute Gasteiger partial charge is 0.0689 e. The van der Waals surface area contributed by atoms with Gasteiger partial charge in [0, 0.05) is 19.6 Å². The van der Waals surface area contributed by atoms with Crippen LogP contribution in [0.5, 0.6) is 0 Å². The Morgan fingerprint density at radius 1 is 1.62 bits per heavy atom. The highest BCUT2D eigenvalue weighted by atomic mass is 16.5. The summed E-state index contributed by atoms with van der Waals surface area (Å²) in [7, 11) is 0. The van der Waals surface area contributed by atoms with Crippen LogP contribution in [0.4, 0.5) is 0 Å². The zero-order valence-electron chi connectivity index (χ0n) is 7.91. The number of likely N-dealkylation sites (tertiary alicyclic amines) is 1. The Hall–Kier alpha value is -0.380. The van der Waals surface area contributed by atoms with Gasteiger partial charge in [-0.3, -0.25) is 4.90 Å². The first-order valence-corrected chi connectivity index (χ1v) is 5.00. The minimum absolute atomic E-state index is 0.106. The number of nitrogens with zero attached hydrogens (tertiary/aromatic N) is 1. The summed E-state index contributed by atoms with van der Waals surface area (Å²) >= 11 is 0. The Morgan fingerprint density at radius 2 is 2.54 bits per heavy atom. The van der Waals surface area contributed by atoms with E-state index in [1.165, 1.54) is 5.57 Å². The van der Waals surface area contributed by atoms with Crippen molar-refractivity contribution < 1.29 is 9.84 Å². The first kappa shape index (κ1) is 9.19. The lowest BCUT2D eigenvalue weighted by Crippen LogP contribution is -2.26. The maximum Gasteiger partial charge on any atom is 0.0689 e. The molecule has 0 amide bonds. The molecule has 0 radical (unpaired) electrons. The molecule has 0 unspecified atom stereocenters. The summed E-state index contributed by atoms with van der Waals surface area (Å²) in [5, 5.41) is 9.34. The fourth-order valence-corrected chi connectivity index (χ4v) is 1.96. The number of aliphatic hydroxyl groups is 1. The van der Waals surface area contributed by atoms with Crippen LogP contribution < -0.4 is 0 Å². The quantitative estimate of drug-likeness (QED) is 0.629. The molecule has 1 atom stereocenters. The molecule has 0 bridgehead atoms. The van der Waals surface area contributed by atoms with E-state index in [4.69, 9.17) is 4.74 Å². The molecule has 2 heterocycles. The van der Waals surface area contributed by atoms with Crippen LogP contribution in [0.25, 0.3) is 0 Å². The van der Waals surface area contributed by atoms with Gasteiger partial charge in [-0.1, -0.05) is 6.08 Å². The van der Waals surface area contributed by atoms with Crippen molar-refractivity contribution >= 4 is 0 Å². The summed E-state index contributed by atoms with van der Waals surface area (Å²) in [6.45, 7) is 4.49. The van der Waals surface area contributed by atoms with Crippen molar-refractivity contribution in [2.24, 2.45) is 0 Å². The average molecular weight is 183 g/mol. The lowest BCUT2D eigenvalue weighted by atomic mass is 10.2. The van der Waals surface area contributed by atoms with Crippen LogP contribution in [0.15, 0.2) is 11.6 Å². The van der Waals surface area contributed by atoms with Gasteiger partial charge in [0.2, 0.25) is 0 Å². The summed E-state index contributed by atoms with van der Waals surface area (Å²) in [6.07, 6.45) is 4.14. The number of ether oxygens (including phenoxy) is 1. The number of aliphatic hydroxyl groups excluding tert-OH is 1. The number of hydrogen-bond acceptors (Lipinski definition) is 3. The van der Waals surface area contributed by atoms with Gasteiger partial charge in [-0.2, -0.15) is 0 Å². The highest BCUT2D eigenvalue weighted by Crippen LogP contribution is 2.13. The predicted molar refractivity (Wildman–Crippen MR) is 50.6 cm³/mol. The largest absolute Gasteiger partial charge is 0.392 e. The molecule has 2 aliphatic heterocycles. The molecule has 2 aliphatic rings. The molecule has 1 fully saturated rings. The first-order valence-electron chi connectivity index (χ1n) is 5.00. The number of β-amino-alcohol motifs (C(OH)–C–C–N with tert-alkyl or cyclic N) is 1. The number of rotatable bonds is 2. The Labute approximate surface area is 79.0 Å².